The van der Waals surface area contributed by atoms with Crippen LogP contribution in [0.5, 0.6) is 0 Å². The van der Waals surface area contributed by atoms with Crippen LogP contribution in [0, 0.1) is 0 Å². The normalized spacial score (nSPS) is 19.1. The Bertz CT molecular complexity index is 467. The monoisotopic (exact) mass is 199 g/mol. The molecule has 0 fully saturated rings. The van der Waals surface area contributed by atoms with Crippen molar-refractivity contribution in [2.75, 3.05) is 5.73 Å². The van der Waals surface area contributed by atoms with Gasteiger partial charge in [-0.3, -0.25) is 0 Å². The van der Waals surface area contributed by atoms with Gasteiger partial charge in [-0.2, -0.15) is 0 Å². The molecule has 2 aromatic rings. The van der Waals surface area contributed by atoms with Gasteiger partial charge >= 0.3 is 0 Å². The summed E-state index contributed by atoms with van der Waals surface area (Å²) in [7, 11) is 0. The number of nitrogens with zero attached hydrogens (tertiary/aromatic N) is 2. The number of hydrogen-bond donors (Lipinski definition) is 1. The van der Waals surface area contributed by atoms with E-state index in [9.17, 15) is 0 Å². The van der Waals surface area contributed by atoms with Gasteiger partial charge < -0.3 is 10.3 Å². The molecule has 15 heavy (non-hydrogen) atoms. The summed E-state index contributed by atoms with van der Waals surface area (Å²) in [6.45, 7) is 1.03. The van der Waals surface area contributed by atoms with E-state index in [1.807, 2.05) is 24.5 Å². The summed E-state index contributed by atoms with van der Waals surface area (Å²) in [5.74, 6) is 1.72. The fourth-order valence-corrected chi connectivity index (χ4v) is 2.25. The van der Waals surface area contributed by atoms with Gasteiger partial charge in [0.05, 0.1) is 0 Å². The number of aromatic nitrogens is 2. The highest BCUT2D eigenvalue weighted by Gasteiger charge is 2.22. The Morgan fingerprint density at radius 2 is 2.33 bits per heavy atom. The minimum atomic E-state index is 0.539. The Balaban J connectivity index is 1.90. The van der Waals surface area contributed by atoms with Gasteiger partial charge in [-0.15, -0.1) is 0 Å². The molecular formula is C12H13N3. The van der Waals surface area contributed by atoms with Crippen LogP contribution in [0.1, 0.15) is 17.3 Å². The summed E-state index contributed by atoms with van der Waals surface area (Å²) >= 11 is 0. The molecule has 0 spiro atoms. The third kappa shape index (κ3) is 1.40. The zero-order chi connectivity index (χ0) is 10.3. The Kier molecular flexibility index (Phi) is 1.78. The maximum atomic E-state index is 5.78. The number of nitrogens with two attached hydrogens (primary N) is 1. The van der Waals surface area contributed by atoms with Gasteiger partial charge in [0.25, 0.3) is 0 Å². The number of fused-ring (bicyclic) bond motifs is 1. The molecule has 0 aliphatic carbocycles. The van der Waals surface area contributed by atoms with E-state index in [1.165, 1.54) is 11.4 Å². The summed E-state index contributed by atoms with van der Waals surface area (Å²) < 4.78 is 2.22. The van der Waals surface area contributed by atoms with E-state index in [4.69, 9.17) is 5.73 Å². The first-order valence-corrected chi connectivity index (χ1v) is 5.18. The average Bonchev–Trinajstić information content (AvgIpc) is 2.76. The summed E-state index contributed by atoms with van der Waals surface area (Å²) in [5, 5.41) is 0. The molecule has 1 aromatic carbocycles. The quantitative estimate of drug-likeness (QED) is 0.712. The highest BCUT2D eigenvalue weighted by molar-refractivity contribution is 5.42. The van der Waals surface area contributed by atoms with Crippen LogP contribution < -0.4 is 5.73 Å². The molecule has 1 aliphatic heterocycles. The van der Waals surface area contributed by atoms with Crippen molar-refractivity contribution in [3.8, 4) is 0 Å². The molecule has 1 unspecified atom stereocenters. The maximum absolute atomic E-state index is 5.78. The minimum Gasteiger partial charge on any atom is -0.399 e. The van der Waals surface area contributed by atoms with Gasteiger partial charge in [-0.05, 0) is 17.7 Å². The van der Waals surface area contributed by atoms with E-state index in [2.05, 4.69) is 21.7 Å². The van der Waals surface area contributed by atoms with Gasteiger partial charge in [0.15, 0.2) is 0 Å². The Hall–Kier alpha value is -1.77. The standard InChI is InChI=1S/C12H13N3/c13-11-3-1-2-9(6-11)10-7-12-14-4-5-15(12)8-10/h1-6,10H,7-8,13H2. The van der Waals surface area contributed by atoms with Gasteiger partial charge in [-0.1, -0.05) is 12.1 Å². The van der Waals surface area contributed by atoms with Gasteiger partial charge in [0.1, 0.15) is 5.82 Å². The molecule has 0 bridgehead atoms. The molecule has 2 N–H and O–H groups in total. The van der Waals surface area contributed by atoms with Gasteiger partial charge in [0.2, 0.25) is 0 Å². The second-order valence-electron chi connectivity index (χ2n) is 4.07. The zero-order valence-corrected chi connectivity index (χ0v) is 8.43. The lowest BCUT2D eigenvalue weighted by atomic mass is 9.97. The van der Waals surface area contributed by atoms with E-state index in [0.29, 0.717) is 5.92 Å². The summed E-state index contributed by atoms with van der Waals surface area (Å²) in [6.07, 6.45) is 4.93. The van der Waals surface area contributed by atoms with Crippen molar-refractivity contribution in [1.82, 2.24) is 9.55 Å². The van der Waals surface area contributed by atoms with Crippen molar-refractivity contribution in [2.45, 2.75) is 18.9 Å². The first kappa shape index (κ1) is 8.53. The lowest BCUT2D eigenvalue weighted by molar-refractivity contribution is 0.652. The second kappa shape index (κ2) is 3.12. The Morgan fingerprint density at radius 1 is 1.40 bits per heavy atom. The predicted octanol–water partition coefficient (Wildman–Crippen LogP) is 1.81. The predicted molar refractivity (Wildman–Crippen MR) is 59.5 cm³/mol. The Labute approximate surface area is 88.6 Å². The van der Waals surface area contributed by atoms with Crippen LogP contribution in [0.15, 0.2) is 36.7 Å². The molecule has 2 heterocycles. The number of rotatable bonds is 1. The molecule has 0 saturated heterocycles. The summed E-state index contributed by atoms with van der Waals surface area (Å²) in [5.41, 5.74) is 7.95. The average molecular weight is 199 g/mol. The number of nitrogen functional groups attached to an aromatic ring is 1. The maximum Gasteiger partial charge on any atom is 0.109 e. The van der Waals surface area contributed by atoms with E-state index in [0.717, 1.165) is 18.7 Å². The molecule has 1 aliphatic rings. The fraction of sp³-hybridized carbons (Fsp3) is 0.250. The van der Waals surface area contributed by atoms with Crippen LogP contribution in [0.25, 0.3) is 0 Å². The molecule has 76 valence electrons. The number of benzene rings is 1. The lowest BCUT2D eigenvalue weighted by Gasteiger charge is -2.09. The number of imidazole rings is 1. The van der Waals surface area contributed by atoms with Gasteiger partial charge in [0, 0.05) is 37.0 Å². The van der Waals surface area contributed by atoms with Crippen LogP contribution in [0.2, 0.25) is 0 Å². The summed E-state index contributed by atoms with van der Waals surface area (Å²) in [4.78, 5) is 4.33. The summed E-state index contributed by atoms with van der Waals surface area (Å²) in [6, 6.07) is 8.16. The molecule has 3 rings (SSSR count). The number of hydrogen-bond acceptors (Lipinski definition) is 2. The Morgan fingerprint density at radius 3 is 3.13 bits per heavy atom. The third-order valence-corrected chi connectivity index (χ3v) is 3.03. The molecule has 3 heteroatoms. The van der Waals surface area contributed by atoms with E-state index < -0.39 is 0 Å². The first-order valence-electron chi connectivity index (χ1n) is 5.18. The van der Waals surface area contributed by atoms with Gasteiger partial charge in [-0.25, -0.2) is 4.98 Å². The minimum absolute atomic E-state index is 0.539. The topological polar surface area (TPSA) is 43.8 Å². The molecule has 1 atom stereocenters. The highest BCUT2D eigenvalue weighted by Crippen LogP contribution is 2.29. The smallest absolute Gasteiger partial charge is 0.109 e. The lowest BCUT2D eigenvalue weighted by Crippen LogP contribution is -2.01. The molecule has 0 amide bonds. The van der Waals surface area contributed by atoms with Crippen LogP contribution in [-0.4, -0.2) is 9.55 Å². The van der Waals surface area contributed by atoms with Crippen molar-refractivity contribution in [3.63, 3.8) is 0 Å². The largest absolute Gasteiger partial charge is 0.399 e. The van der Waals surface area contributed by atoms with E-state index in [-0.39, 0.29) is 0 Å². The van der Waals surface area contributed by atoms with Crippen molar-refractivity contribution < 1.29 is 0 Å². The highest BCUT2D eigenvalue weighted by atomic mass is 15.1. The molecule has 0 radical (unpaired) electrons. The van der Waals surface area contributed by atoms with Crippen LogP contribution in [0.4, 0.5) is 5.69 Å². The van der Waals surface area contributed by atoms with Crippen molar-refractivity contribution >= 4 is 5.69 Å². The SMILES string of the molecule is Nc1cccc(C2Cc3nccn3C2)c1. The van der Waals surface area contributed by atoms with Crippen LogP contribution in [0.3, 0.4) is 0 Å². The molecular weight excluding hydrogens is 186 g/mol. The molecule has 3 nitrogen and oxygen atoms in total. The van der Waals surface area contributed by atoms with Crippen LogP contribution in [-0.2, 0) is 13.0 Å². The van der Waals surface area contributed by atoms with Crippen molar-refractivity contribution in [3.05, 3.63) is 48.0 Å². The zero-order valence-electron chi connectivity index (χ0n) is 8.43. The number of anilines is 1. The molecule has 1 aromatic heterocycles. The van der Waals surface area contributed by atoms with Crippen LogP contribution >= 0.6 is 0 Å². The third-order valence-electron chi connectivity index (χ3n) is 3.03. The van der Waals surface area contributed by atoms with Crippen molar-refractivity contribution in [2.24, 2.45) is 0 Å². The van der Waals surface area contributed by atoms with E-state index >= 15 is 0 Å². The van der Waals surface area contributed by atoms with Crippen molar-refractivity contribution in [1.29, 1.82) is 0 Å². The fourth-order valence-electron chi connectivity index (χ4n) is 2.25. The first-order chi connectivity index (χ1) is 7.33. The second-order valence-corrected chi connectivity index (χ2v) is 4.07. The van der Waals surface area contributed by atoms with E-state index in [1.54, 1.807) is 0 Å². The molecule has 0 saturated carbocycles.